The number of benzene rings is 2. The minimum atomic E-state index is -0.0601. The van der Waals surface area contributed by atoms with Gasteiger partial charge in [-0.2, -0.15) is 0 Å². The van der Waals surface area contributed by atoms with Crippen LogP contribution >= 0.6 is 15.9 Å². The van der Waals surface area contributed by atoms with Gasteiger partial charge in [-0.25, -0.2) is 4.68 Å². The second-order valence-electron chi connectivity index (χ2n) is 5.34. The fourth-order valence-electron chi connectivity index (χ4n) is 2.34. The van der Waals surface area contributed by atoms with Gasteiger partial charge >= 0.3 is 0 Å². The summed E-state index contributed by atoms with van der Waals surface area (Å²) in [5.74, 6) is -0.0601. The fourth-order valence-corrected chi connectivity index (χ4v) is 2.60. The maximum atomic E-state index is 12.0. The molecular formula is C18H17BrN4O. The summed E-state index contributed by atoms with van der Waals surface area (Å²) in [7, 11) is 0. The molecule has 0 radical (unpaired) electrons. The van der Waals surface area contributed by atoms with Gasteiger partial charge in [-0.3, -0.25) is 4.79 Å². The smallest absolute Gasteiger partial charge is 0.251 e. The lowest BCUT2D eigenvalue weighted by molar-refractivity contribution is 0.0953. The summed E-state index contributed by atoms with van der Waals surface area (Å²) < 4.78 is 2.78. The van der Waals surface area contributed by atoms with Crippen molar-refractivity contribution in [2.75, 3.05) is 6.54 Å². The molecular weight excluding hydrogens is 368 g/mol. The van der Waals surface area contributed by atoms with Crippen LogP contribution in [0.25, 0.3) is 16.9 Å². The lowest BCUT2D eigenvalue weighted by Crippen LogP contribution is -2.23. The van der Waals surface area contributed by atoms with E-state index in [0.717, 1.165) is 27.8 Å². The topological polar surface area (TPSA) is 59.8 Å². The van der Waals surface area contributed by atoms with Gasteiger partial charge in [0.1, 0.15) is 0 Å². The predicted molar refractivity (Wildman–Crippen MR) is 97.1 cm³/mol. The van der Waals surface area contributed by atoms with E-state index in [0.29, 0.717) is 12.1 Å². The summed E-state index contributed by atoms with van der Waals surface area (Å²) in [4.78, 5) is 12.0. The third-order valence-corrected chi connectivity index (χ3v) is 4.13. The molecule has 0 saturated carbocycles. The SMILES string of the molecule is CCCNC(=O)c1ccc(-n2nncc2-c2ccc(Br)cc2)cc1. The first kappa shape index (κ1) is 16.4. The van der Waals surface area contributed by atoms with Crippen LogP contribution < -0.4 is 5.32 Å². The third kappa shape index (κ3) is 3.54. The number of amides is 1. The van der Waals surface area contributed by atoms with E-state index in [2.05, 4.69) is 31.6 Å². The van der Waals surface area contributed by atoms with Crippen LogP contribution in [-0.2, 0) is 0 Å². The van der Waals surface area contributed by atoms with Crippen molar-refractivity contribution in [1.82, 2.24) is 20.3 Å². The number of rotatable bonds is 5. The first-order valence-electron chi connectivity index (χ1n) is 7.74. The van der Waals surface area contributed by atoms with Crippen molar-refractivity contribution in [3.05, 3.63) is 64.8 Å². The van der Waals surface area contributed by atoms with Crippen LogP contribution in [-0.4, -0.2) is 27.4 Å². The van der Waals surface area contributed by atoms with Gasteiger partial charge < -0.3 is 5.32 Å². The second kappa shape index (κ2) is 7.40. The highest BCUT2D eigenvalue weighted by atomic mass is 79.9. The van der Waals surface area contributed by atoms with Crippen LogP contribution in [0.4, 0.5) is 0 Å². The zero-order valence-electron chi connectivity index (χ0n) is 13.2. The van der Waals surface area contributed by atoms with Crippen molar-refractivity contribution in [2.24, 2.45) is 0 Å². The Kier molecular flexibility index (Phi) is 5.05. The van der Waals surface area contributed by atoms with Gasteiger partial charge in [0.2, 0.25) is 0 Å². The van der Waals surface area contributed by atoms with Crippen LogP contribution in [0.2, 0.25) is 0 Å². The Labute approximate surface area is 148 Å². The highest BCUT2D eigenvalue weighted by Crippen LogP contribution is 2.23. The highest BCUT2D eigenvalue weighted by molar-refractivity contribution is 9.10. The van der Waals surface area contributed by atoms with Crippen molar-refractivity contribution in [2.45, 2.75) is 13.3 Å². The molecule has 24 heavy (non-hydrogen) atoms. The van der Waals surface area contributed by atoms with Crippen molar-refractivity contribution in [3.63, 3.8) is 0 Å². The molecule has 0 fully saturated rings. The Morgan fingerprint density at radius 2 is 1.83 bits per heavy atom. The first-order chi connectivity index (χ1) is 11.7. The number of carbonyl (C=O) groups excluding carboxylic acids is 1. The lowest BCUT2D eigenvalue weighted by atomic mass is 10.1. The number of aromatic nitrogens is 3. The highest BCUT2D eigenvalue weighted by Gasteiger charge is 2.10. The van der Waals surface area contributed by atoms with Crippen LogP contribution in [0.5, 0.6) is 0 Å². The summed E-state index contributed by atoms with van der Waals surface area (Å²) in [6, 6.07) is 15.3. The van der Waals surface area contributed by atoms with Gasteiger partial charge in [0.15, 0.2) is 0 Å². The molecule has 3 rings (SSSR count). The van der Waals surface area contributed by atoms with Crippen molar-refractivity contribution >= 4 is 21.8 Å². The van der Waals surface area contributed by atoms with Crippen LogP contribution in [0, 0.1) is 0 Å². The molecule has 0 spiro atoms. The summed E-state index contributed by atoms with van der Waals surface area (Å²) in [5, 5.41) is 11.0. The van der Waals surface area contributed by atoms with Crippen LogP contribution in [0.3, 0.4) is 0 Å². The van der Waals surface area contributed by atoms with Gasteiger partial charge in [-0.15, -0.1) is 5.10 Å². The molecule has 0 aliphatic heterocycles. The average molecular weight is 385 g/mol. The second-order valence-corrected chi connectivity index (χ2v) is 6.26. The normalized spacial score (nSPS) is 10.6. The number of hydrogen-bond acceptors (Lipinski definition) is 3. The molecule has 0 saturated heterocycles. The number of nitrogens with zero attached hydrogens (tertiary/aromatic N) is 3. The molecule has 0 aliphatic carbocycles. The largest absolute Gasteiger partial charge is 0.352 e. The Bertz CT molecular complexity index is 825. The zero-order chi connectivity index (χ0) is 16.9. The molecule has 1 amide bonds. The van der Waals surface area contributed by atoms with Gasteiger partial charge in [0, 0.05) is 22.1 Å². The number of halogens is 1. The number of nitrogens with one attached hydrogen (secondary N) is 1. The minimum absolute atomic E-state index is 0.0601. The molecule has 0 atom stereocenters. The first-order valence-corrected chi connectivity index (χ1v) is 8.53. The fraction of sp³-hybridized carbons (Fsp3) is 0.167. The standard InChI is InChI=1S/C18H17BrN4O/c1-2-11-20-18(24)14-5-9-16(10-6-14)23-17(12-21-22-23)13-3-7-15(19)8-4-13/h3-10,12H,2,11H2,1H3,(H,20,24). The summed E-state index contributed by atoms with van der Waals surface area (Å²) in [6.07, 6.45) is 2.64. The van der Waals surface area contributed by atoms with Crippen LogP contribution in [0.1, 0.15) is 23.7 Å². The molecule has 3 aromatic rings. The van der Waals surface area contributed by atoms with Gasteiger partial charge in [0.25, 0.3) is 5.91 Å². The maximum Gasteiger partial charge on any atom is 0.251 e. The van der Waals surface area contributed by atoms with E-state index in [-0.39, 0.29) is 5.91 Å². The molecule has 122 valence electrons. The molecule has 1 heterocycles. The Hall–Kier alpha value is -2.47. The Balaban J connectivity index is 1.87. The van der Waals surface area contributed by atoms with Crippen molar-refractivity contribution < 1.29 is 4.79 Å². The van der Waals surface area contributed by atoms with E-state index < -0.39 is 0 Å². The van der Waals surface area contributed by atoms with E-state index in [1.807, 2.05) is 43.3 Å². The molecule has 1 aromatic heterocycles. The summed E-state index contributed by atoms with van der Waals surface area (Å²) >= 11 is 3.44. The van der Waals surface area contributed by atoms with Crippen molar-refractivity contribution in [1.29, 1.82) is 0 Å². The minimum Gasteiger partial charge on any atom is -0.352 e. The van der Waals surface area contributed by atoms with E-state index in [4.69, 9.17) is 0 Å². The monoisotopic (exact) mass is 384 g/mol. The lowest BCUT2D eigenvalue weighted by Gasteiger charge is -2.08. The predicted octanol–water partition coefficient (Wildman–Crippen LogP) is 3.84. The van der Waals surface area contributed by atoms with E-state index in [1.54, 1.807) is 23.0 Å². The maximum absolute atomic E-state index is 12.0. The Morgan fingerprint density at radius 1 is 1.12 bits per heavy atom. The quantitative estimate of drug-likeness (QED) is 0.726. The van der Waals surface area contributed by atoms with E-state index >= 15 is 0 Å². The number of carbonyl (C=O) groups is 1. The van der Waals surface area contributed by atoms with Crippen LogP contribution in [0.15, 0.2) is 59.2 Å². The summed E-state index contributed by atoms with van der Waals surface area (Å²) in [6.45, 7) is 2.70. The average Bonchev–Trinajstić information content (AvgIpc) is 3.10. The molecule has 0 aliphatic rings. The van der Waals surface area contributed by atoms with E-state index in [9.17, 15) is 4.79 Å². The van der Waals surface area contributed by atoms with Gasteiger partial charge in [-0.1, -0.05) is 40.2 Å². The van der Waals surface area contributed by atoms with E-state index in [1.165, 1.54) is 0 Å². The molecule has 1 N–H and O–H groups in total. The zero-order valence-corrected chi connectivity index (χ0v) is 14.8. The molecule has 6 heteroatoms. The third-order valence-electron chi connectivity index (χ3n) is 3.60. The molecule has 0 bridgehead atoms. The molecule has 0 unspecified atom stereocenters. The van der Waals surface area contributed by atoms with Gasteiger partial charge in [-0.05, 0) is 42.8 Å². The van der Waals surface area contributed by atoms with Gasteiger partial charge in [0.05, 0.1) is 17.6 Å². The number of hydrogen-bond donors (Lipinski definition) is 1. The Morgan fingerprint density at radius 3 is 2.50 bits per heavy atom. The molecule has 2 aromatic carbocycles. The van der Waals surface area contributed by atoms with Crippen molar-refractivity contribution in [3.8, 4) is 16.9 Å². The summed E-state index contributed by atoms with van der Waals surface area (Å²) in [5.41, 5.74) is 3.41. The molecule has 5 nitrogen and oxygen atoms in total.